The Kier molecular flexibility index (Phi) is 54.1. The molecule has 66 heavy (non-hydrogen) atoms. The summed E-state index contributed by atoms with van der Waals surface area (Å²) in [5, 5.41) is 23.0. The summed E-state index contributed by atoms with van der Waals surface area (Å²) >= 11 is 0. The van der Waals surface area contributed by atoms with Gasteiger partial charge in [0.05, 0.1) is 25.4 Å². The van der Waals surface area contributed by atoms with E-state index in [0.717, 1.165) is 51.4 Å². The van der Waals surface area contributed by atoms with E-state index in [0.29, 0.717) is 19.4 Å². The number of unbranched alkanes of at least 4 members (excludes halogenated alkanes) is 39. The molecule has 0 spiro atoms. The summed E-state index contributed by atoms with van der Waals surface area (Å²) in [6.45, 7) is 4.88. The zero-order valence-electron chi connectivity index (χ0n) is 44.2. The summed E-state index contributed by atoms with van der Waals surface area (Å²) < 4.78 is 5.48. The number of hydrogen-bond acceptors (Lipinski definition) is 5. The maximum absolute atomic E-state index is 12.4. The van der Waals surface area contributed by atoms with Crippen LogP contribution in [0.1, 0.15) is 309 Å². The molecule has 0 saturated carbocycles. The Morgan fingerprint density at radius 2 is 0.712 bits per heavy atom. The monoisotopic (exact) mass is 928 g/mol. The first-order valence-electron chi connectivity index (χ1n) is 29.3. The number of nitrogens with one attached hydrogen (secondary N) is 1. The molecule has 0 aliphatic rings. The Balaban J connectivity index is 3.41. The van der Waals surface area contributed by atoms with Gasteiger partial charge in [0, 0.05) is 12.8 Å². The normalized spacial score (nSPS) is 12.8. The van der Waals surface area contributed by atoms with E-state index < -0.39 is 12.1 Å². The van der Waals surface area contributed by atoms with E-state index in [1.54, 1.807) is 6.08 Å². The van der Waals surface area contributed by atoms with Gasteiger partial charge in [-0.1, -0.05) is 249 Å². The molecule has 0 heterocycles. The molecule has 0 rings (SSSR count). The first-order valence-corrected chi connectivity index (χ1v) is 29.3. The summed E-state index contributed by atoms with van der Waals surface area (Å²) in [5.41, 5.74) is 0. The molecule has 1 amide bonds. The van der Waals surface area contributed by atoms with Crippen molar-refractivity contribution in [2.75, 3.05) is 13.2 Å². The molecular formula is C60H113NO5. The van der Waals surface area contributed by atoms with Crippen molar-refractivity contribution >= 4 is 11.9 Å². The lowest BCUT2D eigenvalue weighted by molar-refractivity contribution is -0.143. The predicted molar refractivity (Wildman–Crippen MR) is 287 cm³/mol. The minimum absolute atomic E-state index is 0.00269. The van der Waals surface area contributed by atoms with Crippen LogP contribution in [-0.2, 0) is 14.3 Å². The largest absolute Gasteiger partial charge is 0.466 e. The molecule has 0 aliphatic heterocycles. The first kappa shape index (κ1) is 64.1. The summed E-state index contributed by atoms with van der Waals surface area (Å²) in [6, 6.07) is -0.631. The number of carbonyl (C=O) groups excluding carboxylic acids is 2. The standard InChI is InChI=1S/C60H113NO5/c1-3-5-7-9-11-13-15-16-26-30-34-38-42-46-50-54-60(65)66-55-51-47-43-39-35-31-28-25-23-21-19-17-18-20-22-24-27-29-33-37-41-45-49-53-59(64)61-57(56-62)58(63)52-48-44-40-36-32-14-12-10-8-6-4-2/h16,20,22,26,48,52,57-58,62-63H,3-15,17-19,21,23-25,27-47,49-51,53-56H2,1-2H3,(H,61,64)/b22-20-,26-16-,52-48+. The molecule has 0 saturated heterocycles. The molecule has 0 radical (unpaired) electrons. The van der Waals surface area contributed by atoms with E-state index in [1.165, 1.54) is 231 Å². The smallest absolute Gasteiger partial charge is 0.305 e. The van der Waals surface area contributed by atoms with Gasteiger partial charge in [-0.25, -0.2) is 0 Å². The van der Waals surface area contributed by atoms with E-state index in [2.05, 4.69) is 43.5 Å². The second kappa shape index (κ2) is 55.7. The Labute approximate surface area is 411 Å². The Hall–Kier alpha value is -1.92. The van der Waals surface area contributed by atoms with Crippen molar-refractivity contribution in [3.8, 4) is 0 Å². The van der Waals surface area contributed by atoms with Gasteiger partial charge in [-0.05, 0) is 83.5 Å². The molecule has 0 aromatic rings. The van der Waals surface area contributed by atoms with Gasteiger partial charge in [0.2, 0.25) is 5.91 Å². The lowest BCUT2D eigenvalue weighted by Gasteiger charge is -2.20. The molecule has 388 valence electrons. The van der Waals surface area contributed by atoms with Gasteiger partial charge in [-0.15, -0.1) is 0 Å². The van der Waals surface area contributed by atoms with Crippen molar-refractivity contribution in [1.82, 2.24) is 5.32 Å². The number of aliphatic hydroxyl groups is 2. The number of hydrogen-bond donors (Lipinski definition) is 3. The molecular weight excluding hydrogens is 815 g/mol. The summed E-state index contributed by atoms with van der Waals surface area (Å²) in [6.07, 6.45) is 68.9. The third kappa shape index (κ3) is 51.5. The fourth-order valence-corrected chi connectivity index (χ4v) is 8.86. The topological polar surface area (TPSA) is 95.9 Å². The summed E-state index contributed by atoms with van der Waals surface area (Å²) in [7, 11) is 0. The van der Waals surface area contributed by atoms with Gasteiger partial charge >= 0.3 is 5.97 Å². The van der Waals surface area contributed by atoms with Crippen molar-refractivity contribution < 1.29 is 24.5 Å². The van der Waals surface area contributed by atoms with Crippen molar-refractivity contribution in [3.63, 3.8) is 0 Å². The van der Waals surface area contributed by atoms with E-state index >= 15 is 0 Å². The van der Waals surface area contributed by atoms with Crippen LogP contribution in [0.5, 0.6) is 0 Å². The van der Waals surface area contributed by atoms with Gasteiger partial charge in [0.15, 0.2) is 0 Å². The molecule has 0 fully saturated rings. The highest BCUT2D eigenvalue weighted by Crippen LogP contribution is 2.16. The van der Waals surface area contributed by atoms with Crippen LogP contribution < -0.4 is 5.32 Å². The number of allylic oxidation sites excluding steroid dienone is 5. The van der Waals surface area contributed by atoms with Crippen LogP contribution in [0.15, 0.2) is 36.5 Å². The maximum atomic E-state index is 12.4. The minimum Gasteiger partial charge on any atom is -0.466 e. The van der Waals surface area contributed by atoms with Crippen LogP contribution >= 0.6 is 0 Å². The van der Waals surface area contributed by atoms with E-state index in [-0.39, 0.29) is 18.5 Å². The lowest BCUT2D eigenvalue weighted by Crippen LogP contribution is -2.45. The van der Waals surface area contributed by atoms with Crippen molar-refractivity contribution in [3.05, 3.63) is 36.5 Å². The number of esters is 1. The highest BCUT2D eigenvalue weighted by Gasteiger charge is 2.18. The Morgan fingerprint density at radius 3 is 1.08 bits per heavy atom. The van der Waals surface area contributed by atoms with E-state index in [4.69, 9.17) is 4.74 Å². The van der Waals surface area contributed by atoms with Crippen molar-refractivity contribution in [2.24, 2.45) is 0 Å². The van der Waals surface area contributed by atoms with Crippen LogP contribution in [0.3, 0.4) is 0 Å². The molecule has 0 aromatic heterocycles. The highest BCUT2D eigenvalue weighted by atomic mass is 16.5. The maximum Gasteiger partial charge on any atom is 0.305 e. The number of carbonyl (C=O) groups is 2. The molecule has 0 bridgehead atoms. The zero-order chi connectivity index (χ0) is 47.9. The minimum atomic E-state index is -0.847. The lowest BCUT2D eigenvalue weighted by atomic mass is 10.0. The van der Waals surface area contributed by atoms with E-state index in [1.807, 2.05) is 6.08 Å². The second-order valence-electron chi connectivity index (χ2n) is 20.0. The molecule has 6 nitrogen and oxygen atoms in total. The van der Waals surface area contributed by atoms with Gasteiger partial charge < -0.3 is 20.3 Å². The van der Waals surface area contributed by atoms with Crippen LogP contribution in [0.2, 0.25) is 0 Å². The fraction of sp³-hybridized carbons (Fsp3) is 0.867. The number of ether oxygens (including phenoxy) is 1. The van der Waals surface area contributed by atoms with Gasteiger partial charge in [-0.2, -0.15) is 0 Å². The van der Waals surface area contributed by atoms with Crippen LogP contribution in [-0.4, -0.2) is 47.4 Å². The number of rotatable bonds is 54. The molecule has 2 unspecified atom stereocenters. The predicted octanol–water partition coefficient (Wildman–Crippen LogP) is 18.0. The Bertz CT molecular complexity index is 1070. The second-order valence-corrected chi connectivity index (χ2v) is 20.0. The summed E-state index contributed by atoms with van der Waals surface area (Å²) in [5.74, 6) is -0.0730. The molecule has 0 aliphatic carbocycles. The number of aliphatic hydroxyl groups excluding tert-OH is 2. The van der Waals surface area contributed by atoms with Crippen LogP contribution in [0, 0.1) is 0 Å². The third-order valence-corrected chi connectivity index (χ3v) is 13.4. The van der Waals surface area contributed by atoms with E-state index in [9.17, 15) is 19.8 Å². The average Bonchev–Trinajstić information content (AvgIpc) is 3.32. The highest BCUT2D eigenvalue weighted by molar-refractivity contribution is 5.76. The zero-order valence-corrected chi connectivity index (χ0v) is 44.2. The molecule has 2 atom stereocenters. The molecule has 3 N–H and O–H groups in total. The third-order valence-electron chi connectivity index (χ3n) is 13.4. The molecule has 0 aromatic carbocycles. The Morgan fingerprint density at radius 1 is 0.409 bits per heavy atom. The van der Waals surface area contributed by atoms with Crippen LogP contribution in [0.25, 0.3) is 0 Å². The van der Waals surface area contributed by atoms with Gasteiger partial charge in [-0.3, -0.25) is 9.59 Å². The van der Waals surface area contributed by atoms with Crippen molar-refractivity contribution in [1.29, 1.82) is 0 Å². The van der Waals surface area contributed by atoms with Gasteiger partial charge in [0.25, 0.3) is 0 Å². The summed E-state index contributed by atoms with van der Waals surface area (Å²) in [4.78, 5) is 24.5. The van der Waals surface area contributed by atoms with Crippen LogP contribution in [0.4, 0.5) is 0 Å². The fourth-order valence-electron chi connectivity index (χ4n) is 8.86. The number of amides is 1. The molecule has 6 heteroatoms. The first-order chi connectivity index (χ1) is 32.5. The SMILES string of the molecule is CCCCCCCC/C=C\CCCCCCCC(=O)OCCCCCCCCCCCCCC/C=C\CCCCCCCCCC(=O)NC(CO)C(O)/C=C/CCCCCCCCCCC. The van der Waals surface area contributed by atoms with Gasteiger partial charge in [0.1, 0.15) is 0 Å². The van der Waals surface area contributed by atoms with Crippen molar-refractivity contribution in [2.45, 2.75) is 321 Å². The average molecular weight is 929 g/mol. The quantitative estimate of drug-likeness (QED) is 0.0321.